The molecule has 142 valence electrons. The summed E-state index contributed by atoms with van der Waals surface area (Å²) in [6.07, 6.45) is 7.37. The minimum Gasteiger partial charge on any atom is -0.508 e. The van der Waals surface area contributed by atoms with Crippen LogP contribution < -0.4 is 5.32 Å². The van der Waals surface area contributed by atoms with Crippen LogP contribution >= 0.6 is 0 Å². The van der Waals surface area contributed by atoms with E-state index in [4.69, 9.17) is 4.98 Å². The van der Waals surface area contributed by atoms with Crippen LogP contribution in [0.15, 0.2) is 60.8 Å². The summed E-state index contributed by atoms with van der Waals surface area (Å²) in [6, 6.07) is 16.0. The van der Waals surface area contributed by atoms with Gasteiger partial charge in [-0.15, -0.1) is 0 Å². The molecule has 0 saturated heterocycles. The maximum Gasteiger partial charge on any atom is 0.256 e. The molecular weight excluding hydrogens is 350 g/mol. The highest BCUT2D eigenvalue weighted by molar-refractivity contribution is 6.04. The number of rotatable bonds is 5. The smallest absolute Gasteiger partial charge is 0.256 e. The lowest BCUT2D eigenvalue weighted by atomic mass is 10.0. The predicted octanol–water partition coefficient (Wildman–Crippen LogP) is 4.83. The van der Waals surface area contributed by atoms with E-state index in [0.29, 0.717) is 17.3 Å². The number of hydrogen-bond donors (Lipinski definition) is 2. The molecule has 4 rings (SSSR count). The second-order valence-electron chi connectivity index (χ2n) is 7.27. The Morgan fingerprint density at radius 3 is 2.46 bits per heavy atom. The number of nitrogens with zero attached hydrogens (tertiary/aromatic N) is 2. The molecule has 2 N–H and O–H groups in total. The number of phenols is 1. The standard InChI is InChI=1S/C23H23N3O2/c27-19-12-10-17(11-13-19)21-15-24-22(20(25-21)14-16-6-4-5-7-16)26-23(28)18-8-2-1-3-9-18/h1-3,8-13,15-16,27H,4-7,14H2,(H,24,26,28). The summed E-state index contributed by atoms with van der Waals surface area (Å²) in [5.74, 6) is 1.15. The van der Waals surface area contributed by atoms with Gasteiger partial charge in [0.25, 0.3) is 5.91 Å². The van der Waals surface area contributed by atoms with Gasteiger partial charge in [-0.2, -0.15) is 0 Å². The molecule has 5 heteroatoms. The van der Waals surface area contributed by atoms with Crippen molar-refractivity contribution in [3.05, 3.63) is 72.1 Å². The molecule has 0 aliphatic heterocycles. The molecule has 0 spiro atoms. The minimum atomic E-state index is -0.181. The highest BCUT2D eigenvalue weighted by atomic mass is 16.3. The van der Waals surface area contributed by atoms with Gasteiger partial charge in [0.05, 0.1) is 17.6 Å². The number of anilines is 1. The molecule has 0 atom stereocenters. The Morgan fingerprint density at radius 2 is 1.75 bits per heavy atom. The van der Waals surface area contributed by atoms with Crippen molar-refractivity contribution >= 4 is 11.7 Å². The van der Waals surface area contributed by atoms with Crippen LogP contribution in [0.2, 0.25) is 0 Å². The highest BCUT2D eigenvalue weighted by Crippen LogP contribution is 2.30. The second kappa shape index (κ2) is 8.21. The van der Waals surface area contributed by atoms with E-state index in [-0.39, 0.29) is 11.7 Å². The van der Waals surface area contributed by atoms with Gasteiger partial charge >= 0.3 is 0 Å². The van der Waals surface area contributed by atoms with Gasteiger partial charge in [-0.3, -0.25) is 4.79 Å². The zero-order valence-electron chi connectivity index (χ0n) is 15.6. The van der Waals surface area contributed by atoms with Gasteiger partial charge in [0, 0.05) is 11.1 Å². The Hall–Kier alpha value is -3.21. The molecule has 1 saturated carbocycles. The SMILES string of the molecule is O=C(Nc1ncc(-c2ccc(O)cc2)nc1CC1CCCC1)c1ccccc1. The fourth-order valence-corrected chi connectivity index (χ4v) is 3.70. The summed E-state index contributed by atoms with van der Waals surface area (Å²) < 4.78 is 0. The largest absolute Gasteiger partial charge is 0.508 e. The third-order valence-electron chi connectivity index (χ3n) is 5.23. The lowest BCUT2D eigenvalue weighted by Gasteiger charge is -2.14. The number of carbonyl (C=O) groups excluding carboxylic acids is 1. The van der Waals surface area contributed by atoms with Crippen molar-refractivity contribution in [2.75, 3.05) is 5.32 Å². The van der Waals surface area contributed by atoms with Gasteiger partial charge in [-0.1, -0.05) is 43.9 Å². The van der Waals surface area contributed by atoms with Crippen molar-refractivity contribution in [1.82, 2.24) is 9.97 Å². The first-order valence-corrected chi connectivity index (χ1v) is 9.71. The van der Waals surface area contributed by atoms with E-state index in [1.165, 1.54) is 25.7 Å². The zero-order chi connectivity index (χ0) is 19.3. The molecule has 28 heavy (non-hydrogen) atoms. The van der Waals surface area contributed by atoms with Gasteiger partial charge in [-0.25, -0.2) is 9.97 Å². The number of benzene rings is 2. The zero-order valence-corrected chi connectivity index (χ0v) is 15.6. The summed E-state index contributed by atoms with van der Waals surface area (Å²) in [5, 5.41) is 12.5. The first-order valence-electron chi connectivity index (χ1n) is 9.71. The van der Waals surface area contributed by atoms with Crippen molar-refractivity contribution in [3.63, 3.8) is 0 Å². The van der Waals surface area contributed by atoms with E-state index < -0.39 is 0 Å². The predicted molar refractivity (Wildman–Crippen MR) is 109 cm³/mol. The Kier molecular flexibility index (Phi) is 5.33. The summed E-state index contributed by atoms with van der Waals surface area (Å²) in [6.45, 7) is 0. The maximum atomic E-state index is 12.6. The van der Waals surface area contributed by atoms with Crippen LogP contribution in [0.1, 0.15) is 41.7 Å². The van der Waals surface area contributed by atoms with Crippen molar-refractivity contribution in [2.24, 2.45) is 5.92 Å². The van der Waals surface area contributed by atoms with Crippen LogP contribution in [0, 0.1) is 5.92 Å². The van der Waals surface area contributed by atoms with E-state index in [2.05, 4.69) is 10.3 Å². The third kappa shape index (κ3) is 4.19. The molecule has 1 amide bonds. The van der Waals surface area contributed by atoms with Crippen molar-refractivity contribution in [2.45, 2.75) is 32.1 Å². The number of aromatic nitrogens is 2. The molecule has 1 aliphatic carbocycles. The fraction of sp³-hybridized carbons (Fsp3) is 0.261. The number of hydrogen-bond acceptors (Lipinski definition) is 4. The molecule has 0 unspecified atom stereocenters. The van der Waals surface area contributed by atoms with Crippen LogP contribution in [0.25, 0.3) is 11.3 Å². The summed E-state index contributed by atoms with van der Waals surface area (Å²) in [5.41, 5.74) is 3.05. The van der Waals surface area contributed by atoms with Crippen LogP contribution in [0.3, 0.4) is 0 Å². The number of nitrogens with one attached hydrogen (secondary N) is 1. The average Bonchev–Trinajstić information content (AvgIpc) is 3.23. The molecule has 3 aromatic rings. The molecule has 0 radical (unpaired) electrons. The molecular formula is C23H23N3O2. The Balaban J connectivity index is 1.64. The fourth-order valence-electron chi connectivity index (χ4n) is 3.70. The second-order valence-corrected chi connectivity index (χ2v) is 7.27. The van der Waals surface area contributed by atoms with Gasteiger partial charge in [0.1, 0.15) is 5.75 Å². The van der Waals surface area contributed by atoms with Gasteiger partial charge in [0.15, 0.2) is 5.82 Å². The molecule has 1 aliphatic rings. The number of aromatic hydroxyl groups is 1. The van der Waals surface area contributed by atoms with E-state index in [9.17, 15) is 9.90 Å². The first kappa shape index (κ1) is 18.2. The molecule has 2 aromatic carbocycles. The molecule has 1 fully saturated rings. The highest BCUT2D eigenvalue weighted by Gasteiger charge is 2.20. The topological polar surface area (TPSA) is 75.1 Å². The van der Waals surface area contributed by atoms with E-state index >= 15 is 0 Å². The lowest BCUT2D eigenvalue weighted by Crippen LogP contribution is -2.16. The van der Waals surface area contributed by atoms with E-state index in [1.54, 1.807) is 30.5 Å². The average molecular weight is 373 g/mol. The van der Waals surface area contributed by atoms with Crippen LogP contribution in [0.4, 0.5) is 5.82 Å². The number of phenolic OH excluding ortho intramolecular Hbond substituents is 1. The lowest BCUT2D eigenvalue weighted by molar-refractivity contribution is 0.102. The number of amides is 1. The molecule has 0 bridgehead atoms. The van der Waals surface area contributed by atoms with Gasteiger partial charge in [-0.05, 0) is 48.7 Å². The van der Waals surface area contributed by atoms with Crippen molar-refractivity contribution in [3.8, 4) is 17.0 Å². The normalized spacial score (nSPS) is 14.1. The summed E-state index contributed by atoms with van der Waals surface area (Å²) in [7, 11) is 0. The van der Waals surface area contributed by atoms with E-state index in [1.807, 2.05) is 30.3 Å². The van der Waals surface area contributed by atoms with Crippen LogP contribution in [-0.2, 0) is 6.42 Å². The third-order valence-corrected chi connectivity index (χ3v) is 5.23. The van der Waals surface area contributed by atoms with E-state index in [0.717, 1.165) is 23.4 Å². The first-order chi connectivity index (χ1) is 13.7. The summed E-state index contributed by atoms with van der Waals surface area (Å²) >= 11 is 0. The van der Waals surface area contributed by atoms with Gasteiger partial charge in [0.2, 0.25) is 0 Å². The maximum absolute atomic E-state index is 12.6. The van der Waals surface area contributed by atoms with Crippen molar-refractivity contribution < 1.29 is 9.90 Å². The molecule has 1 heterocycles. The number of carbonyl (C=O) groups is 1. The molecule has 5 nitrogen and oxygen atoms in total. The Labute approximate surface area is 164 Å². The van der Waals surface area contributed by atoms with Crippen LogP contribution in [-0.4, -0.2) is 21.0 Å². The quantitative estimate of drug-likeness (QED) is 0.671. The van der Waals surface area contributed by atoms with Crippen LogP contribution in [0.5, 0.6) is 5.75 Å². The Morgan fingerprint density at radius 1 is 1.04 bits per heavy atom. The minimum absolute atomic E-state index is 0.181. The van der Waals surface area contributed by atoms with Gasteiger partial charge < -0.3 is 10.4 Å². The summed E-state index contributed by atoms with van der Waals surface area (Å²) in [4.78, 5) is 21.9. The van der Waals surface area contributed by atoms with Crippen molar-refractivity contribution in [1.29, 1.82) is 0 Å². The Bertz CT molecular complexity index is 949. The molecule has 1 aromatic heterocycles. The monoisotopic (exact) mass is 373 g/mol.